The number of aromatic nitrogens is 2. The fraction of sp³-hybridized carbons (Fsp3) is 0.263. The molecule has 0 radical (unpaired) electrons. The summed E-state index contributed by atoms with van der Waals surface area (Å²) in [7, 11) is 1.69. The Labute approximate surface area is 141 Å². The van der Waals surface area contributed by atoms with Crippen molar-refractivity contribution in [1.82, 2.24) is 14.9 Å². The molecule has 0 atom stereocenters. The number of pyridine rings is 1. The quantitative estimate of drug-likeness (QED) is 0.727. The number of hydrogen-bond donors (Lipinski definition) is 1. The van der Waals surface area contributed by atoms with Crippen LogP contribution < -0.4 is 5.32 Å². The standard InChI is InChI=1S/C19H21N3O2/c1-24-11-10-22-14-16(17-4-2-3-5-18(17)22)12-19(23)21-13-15-6-8-20-9-7-15/h2-9,14H,10-13H2,1H3,(H,21,23). The SMILES string of the molecule is COCCn1cc(CC(=O)NCc2ccncc2)c2ccccc21. The maximum atomic E-state index is 12.3. The van der Waals surface area contributed by atoms with Gasteiger partial charge in [-0.3, -0.25) is 9.78 Å². The summed E-state index contributed by atoms with van der Waals surface area (Å²) in [5, 5.41) is 4.08. The predicted octanol–water partition coefficient (Wildman–Crippen LogP) is 2.54. The Balaban J connectivity index is 1.71. The molecule has 0 aliphatic rings. The Hall–Kier alpha value is -2.66. The Bertz CT molecular complexity index is 812. The first-order valence-electron chi connectivity index (χ1n) is 7.99. The molecule has 0 unspecified atom stereocenters. The molecule has 0 spiro atoms. The van der Waals surface area contributed by atoms with E-state index in [1.807, 2.05) is 24.3 Å². The smallest absolute Gasteiger partial charge is 0.224 e. The minimum absolute atomic E-state index is 0.0152. The van der Waals surface area contributed by atoms with Crippen LogP contribution in [0.2, 0.25) is 0 Å². The van der Waals surface area contributed by atoms with Gasteiger partial charge in [-0.25, -0.2) is 0 Å². The summed E-state index contributed by atoms with van der Waals surface area (Å²) in [6.07, 6.45) is 5.87. The topological polar surface area (TPSA) is 56.1 Å². The third kappa shape index (κ3) is 3.81. The van der Waals surface area contributed by atoms with E-state index in [1.165, 1.54) is 0 Å². The van der Waals surface area contributed by atoms with E-state index in [0.29, 0.717) is 19.6 Å². The van der Waals surface area contributed by atoms with Crippen molar-refractivity contribution in [1.29, 1.82) is 0 Å². The van der Waals surface area contributed by atoms with Crippen LogP contribution in [0.1, 0.15) is 11.1 Å². The van der Waals surface area contributed by atoms with Crippen LogP contribution in [0.4, 0.5) is 0 Å². The second-order valence-electron chi connectivity index (χ2n) is 5.67. The maximum Gasteiger partial charge on any atom is 0.224 e. The number of rotatable bonds is 7. The first-order chi connectivity index (χ1) is 11.8. The average molecular weight is 323 g/mol. The molecule has 2 heterocycles. The number of amides is 1. The monoisotopic (exact) mass is 323 g/mol. The molecule has 0 aliphatic carbocycles. The molecule has 5 nitrogen and oxygen atoms in total. The summed E-state index contributed by atoms with van der Waals surface area (Å²) in [6.45, 7) is 1.94. The van der Waals surface area contributed by atoms with E-state index in [2.05, 4.69) is 33.2 Å². The third-order valence-corrected chi connectivity index (χ3v) is 4.00. The Morgan fingerprint density at radius 1 is 1.21 bits per heavy atom. The van der Waals surface area contributed by atoms with Crippen LogP contribution in [0.25, 0.3) is 10.9 Å². The summed E-state index contributed by atoms with van der Waals surface area (Å²) < 4.78 is 7.31. The molecule has 124 valence electrons. The van der Waals surface area contributed by atoms with Crippen molar-refractivity contribution in [2.75, 3.05) is 13.7 Å². The zero-order valence-electron chi connectivity index (χ0n) is 13.7. The minimum Gasteiger partial charge on any atom is -0.383 e. The molecule has 0 aliphatic heterocycles. The van der Waals surface area contributed by atoms with Gasteiger partial charge in [-0.05, 0) is 29.3 Å². The molecule has 24 heavy (non-hydrogen) atoms. The Morgan fingerprint density at radius 2 is 2.00 bits per heavy atom. The van der Waals surface area contributed by atoms with Crippen molar-refractivity contribution in [3.8, 4) is 0 Å². The fourth-order valence-corrected chi connectivity index (χ4v) is 2.78. The van der Waals surface area contributed by atoms with Crippen LogP contribution in [0.5, 0.6) is 0 Å². The van der Waals surface area contributed by atoms with Crippen molar-refractivity contribution < 1.29 is 9.53 Å². The molecule has 1 aromatic carbocycles. The van der Waals surface area contributed by atoms with E-state index < -0.39 is 0 Å². The minimum atomic E-state index is 0.0152. The number of benzene rings is 1. The molecule has 3 rings (SSSR count). The number of carbonyl (C=O) groups is 1. The lowest BCUT2D eigenvalue weighted by atomic mass is 10.1. The first-order valence-corrected chi connectivity index (χ1v) is 7.99. The van der Waals surface area contributed by atoms with Crippen molar-refractivity contribution in [2.45, 2.75) is 19.5 Å². The van der Waals surface area contributed by atoms with E-state index in [4.69, 9.17) is 4.74 Å². The van der Waals surface area contributed by atoms with E-state index in [9.17, 15) is 4.79 Å². The zero-order chi connectivity index (χ0) is 16.8. The number of carbonyl (C=O) groups excluding carboxylic acids is 1. The van der Waals surface area contributed by atoms with Gasteiger partial charge in [0.1, 0.15) is 0 Å². The number of para-hydroxylation sites is 1. The number of methoxy groups -OCH3 is 1. The molecular weight excluding hydrogens is 302 g/mol. The normalized spacial score (nSPS) is 10.9. The van der Waals surface area contributed by atoms with Gasteiger partial charge in [-0.2, -0.15) is 0 Å². The number of hydrogen-bond acceptors (Lipinski definition) is 3. The number of fused-ring (bicyclic) bond motifs is 1. The van der Waals surface area contributed by atoms with Gasteiger partial charge in [-0.1, -0.05) is 18.2 Å². The van der Waals surface area contributed by atoms with Gasteiger partial charge in [0.25, 0.3) is 0 Å². The first kappa shape index (κ1) is 16.2. The lowest BCUT2D eigenvalue weighted by Crippen LogP contribution is -2.24. The lowest BCUT2D eigenvalue weighted by molar-refractivity contribution is -0.120. The summed E-state index contributed by atoms with van der Waals surface area (Å²) in [6, 6.07) is 11.9. The molecular formula is C19H21N3O2. The van der Waals surface area contributed by atoms with E-state index in [-0.39, 0.29) is 5.91 Å². The second-order valence-corrected chi connectivity index (χ2v) is 5.67. The van der Waals surface area contributed by atoms with Gasteiger partial charge >= 0.3 is 0 Å². The van der Waals surface area contributed by atoms with Crippen LogP contribution in [0, 0.1) is 0 Å². The van der Waals surface area contributed by atoms with Crippen molar-refractivity contribution in [3.63, 3.8) is 0 Å². The lowest BCUT2D eigenvalue weighted by Gasteiger charge is -2.04. The highest BCUT2D eigenvalue weighted by Crippen LogP contribution is 2.21. The molecule has 5 heteroatoms. The zero-order valence-corrected chi connectivity index (χ0v) is 13.7. The van der Waals surface area contributed by atoms with Crippen LogP contribution >= 0.6 is 0 Å². The van der Waals surface area contributed by atoms with Crippen molar-refractivity contribution in [2.24, 2.45) is 0 Å². The maximum absolute atomic E-state index is 12.3. The predicted molar refractivity (Wildman–Crippen MR) is 93.6 cm³/mol. The van der Waals surface area contributed by atoms with Crippen molar-refractivity contribution >= 4 is 16.8 Å². The third-order valence-electron chi connectivity index (χ3n) is 4.00. The van der Waals surface area contributed by atoms with Crippen molar-refractivity contribution in [3.05, 3.63) is 66.1 Å². The fourth-order valence-electron chi connectivity index (χ4n) is 2.78. The molecule has 0 fully saturated rings. The molecule has 1 amide bonds. The molecule has 0 bridgehead atoms. The molecule has 3 aromatic rings. The van der Waals surface area contributed by atoms with Gasteiger partial charge in [0.15, 0.2) is 0 Å². The van der Waals surface area contributed by atoms with Crippen LogP contribution in [0.15, 0.2) is 55.0 Å². The van der Waals surface area contributed by atoms with Crippen LogP contribution in [0.3, 0.4) is 0 Å². The van der Waals surface area contributed by atoms with Gasteiger partial charge in [0.05, 0.1) is 13.0 Å². The number of nitrogens with zero attached hydrogens (tertiary/aromatic N) is 2. The van der Waals surface area contributed by atoms with Crippen LogP contribution in [-0.2, 0) is 29.0 Å². The largest absolute Gasteiger partial charge is 0.383 e. The highest BCUT2D eigenvalue weighted by Gasteiger charge is 2.11. The van der Waals surface area contributed by atoms with Gasteiger partial charge in [-0.15, -0.1) is 0 Å². The average Bonchev–Trinajstić information content (AvgIpc) is 2.97. The highest BCUT2D eigenvalue weighted by molar-refractivity contribution is 5.89. The highest BCUT2D eigenvalue weighted by atomic mass is 16.5. The summed E-state index contributed by atoms with van der Waals surface area (Å²) in [5.41, 5.74) is 3.21. The number of ether oxygens (including phenoxy) is 1. The second kappa shape index (κ2) is 7.75. The van der Waals surface area contributed by atoms with Gasteiger partial charge < -0.3 is 14.6 Å². The van der Waals surface area contributed by atoms with E-state index in [0.717, 1.165) is 28.6 Å². The molecule has 0 saturated heterocycles. The molecule has 1 N–H and O–H groups in total. The number of nitrogens with one attached hydrogen (secondary N) is 1. The van der Waals surface area contributed by atoms with E-state index in [1.54, 1.807) is 19.5 Å². The molecule has 0 saturated carbocycles. The molecule has 2 aromatic heterocycles. The summed E-state index contributed by atoms with van der Waals surface area (Å²) >= 11 is 0. The van der Waals surface area contributed by atoms with Gasteiger partial charge in [0, 0.05) is 49.7 Å². The summed E-state index contributed by atoms with van der Waals surface area (Å²) in [4.78, 5) is 16.3. The Kier molecular flexibility index (Phi) is 5.23. The summed E-state index contributed by atoms with van der Waals surface area (Å²) in [5.74, 6) is 0.0152. The van der Waals surface area contributed by atoms with Crippen LogP contribution in [-0.4, -0.2) is 29.2 Å². The van der Waals surface area contributed by atoms with Gasteiger partial charge in [0.2, 0.25) is 5.91 Å². The van der Waals surface area contributed by atoms with E-state index >= 15 is 0 Å². The Morgan fingerprint density at radius 3 is 2.79 bits per heavy atom.